The predicted molar refractivity (Wildman–Crippen MR) is 109 cm³/mol. The Morgan fingerprint density at radius 1 is 1.07 bits per heavy atom. The number of nitrogens with zero attached hydrogens (tertiary/aromatic N) is 3. The molecule has 0 bridgehead atoms. The third-order valence-electron chi connectivity index (χ3n) is 5.27. The minimum absolute atomic E-state index is 0.0731. The molecule has 2 aliphatic rings. The topological polar surface area (TPSA) is 95.1 Å². The second-order valence-corrected chi connectivity index (χ2v) is 11.8. The first kappa shape index (κ1) is 21.1. The number of sulfonamides is 1. The predicted octanol–water partition coefficient (Wildman–Crippen LogP) is 0.200. The normalized spacial score (nSPS) is 21.0. The summed E-state index contributed by atoms with van der Waals surface area (Å²) in [4.78, 5) is 16.7. The quantitative estimate of drug-likeness (QED) is 0.664. The number of carbonyl (C=O) groups excluding carboxylic acids is 1. The van der Waals surface area contributed by atoms with Crippen LogP contribution in [-0.4, -0.2) is 89.6 Å². The lowest BCUT2D eigenvalue weighted by Crippen LogP contribution is -2.49. The number of hydrogen-bond acceptors (Lipinski definition) is 6. The van der Waals surface area contributed by atoms with E-state index in [2.05, 4.69) is 4.90 Å². The molecule has 0 spiro atoms. The Hall–Kier alpha value is -1.65. The van der Waals surface area contributed by atoms with E-state index in [1.165, 1.54) is 16.8 Å². The summed E-state index contributed by atoms with van der Waals surface area (Å²) in [5, 5.41) is 0. The molecule has 10 heteroatoms. The van der Waals surface area contributed by atoms with Gasteiger partial charge in [-0.15, -0.1) is 0 Å². The van der Waals surface area contributed by atoms with E-state index in [1.54, 1.807) is 23.1 Å². The molecule has 1 fully saturated rings. The third-order valence-corrected chi connectivity index (χ3v) is 7.47. The molecule has 1 atom stereocenters. The molecule has 2 heterocycles. The third kappa shape index (κ3) is 4.66. The van der Waals surface area contributed by atoms with E-state index in [1.807, 2.05) is 6.92 Å². The van der Waals surface area contributed by atoms with Crippen LogP contribution in [0.2, 0.25) is 0 Å². The van der Waals surface area contributed by atoms with Gasteiger partial charge in [0.1, 0.15) is 9.84 Å². The van der Waals surface area contributed by atoms with Crippen molar-refractivity contribution in [2.75, 3.05) is 55.3 Å². The molecule has 0 aromatic heterocycles. The Morgan fingerprint density at radius 2 is 1.71 bits per heavy atom. The average Bonchev–Trinajstić information content (AvgIpc) is 2.94. The van der Waals surface area contributed by atoms with Gasteiger partial charge in [0.15, 0.2) is 0 Å². The maximum Gasteiger partial charge on any atom is 0.253 e. The van der Waals surface area contributed by atoms with Crippen molar-refractivity contribution in [1.82, 2.24) is 9.80 Å². The fourth-order valence-electron chi connectivity index (χ4n) is 3.89. The van der Waals surface area contributed by atoms with Crippen molar-refractivity contribution in [3.63, 3.8) is 0 Å². The zero-order valence-corrected chi connectivity index (χ0v) is 18.1. The molecule has 1 amide bonds. The summed E-state index contributed by atoms with van der Waals surface area (Å²) in [6.45, 7) is 4.73. The fourth-order valence-corrected chi connectivity index (χ4v) is 5.75. The summed E-state index contributed by atoms with van der Waals surface area (Å²) in [7, 11) is -6.34. The summed E-state index contributed by atoms with van der Waals surface area (Å²) in [5.41, 5.74) is 2.08. The summed E-state index contributed by atoms with van der Waals surface area (Å²) < 4.78 is 48.1. The Labute approximate surface area is 167 Å². The minimum Gasteiger partial charge on any atom is -0.336 e. The van der Waals surface area contributed by atoms with E-state index in [9.17, 15) is 21.6 Å². The molecule has 1 unspecified atom stereocenters. The van der Waals surface area contributed by atoms with Crippen LogP contribution in [0.3, 0.4) is 0 Å². The lowest BCUT2D eigenvalue weighted by molar-refractivity contribution is 0.0644. The van der Waals surface area contributed by atoms with Gasteiger partial charge in [-0.25, -0.2) is 16.8 Å². The van der Waals surface area contributed by atoms with Crippen LogP contribution in [-0.2, 0) is 26.3 Å². The van der Waals surface area contributed by atoms with E-state index < -0.39 is 19.9 Å². The molecule has 0 N–H and O–H groups in total. The van der Waals surface area contributed by atoms with Crippen molar-refractivity contribution in [2.24, 2.45) is 0 Å². The maximum atomic E-state index is 12.9. The molecule has 1 aromatic carbocycles. The van der Waals surface area contributed by atoms with Gasteiger partial charge < -0.3 is 4.90 Å². The summed E-state index contributed by atoms with van der Waals surface area (Å²) in [5.74, 6) is 0.0527. The van der Waals surface area contributed by atoms with Gasteiger partial charge >= 0.3 is 0 Å². The minimum atomic E-state index is -3.35. The van der Waals surface area contributed by atoms with E-state index in [4.69, 9.17) is 0 Å². The molecule has 0 aliphatic carbocycles. The molecule has 28 heavy (non-hydrogen) atoms. The monoisotopic (exact) mass is 429 g/mol. The van der Waals surface area contributed by atoms with Crippen LogP contribution in [0.5, 0.6) is 0 Å². The van der Waals surface area contributed by atoms with Gasteiger partial charge in [-0.2, -0.15) is 0 Å². The molecule has 0 radical (unpaired) electrons. The van der Waals surface area contributed by atoms with Crippen molar-refractivity contribution in [1.29, 1.82) is 0 Å². The van der Waals surface area contributed by atoms with Gasteiger partial charge in [0.2, 0.25) is 10.0 Å². The van der Waals surface area contributed by atoms with Gasteiger partial charge in [-0.3, -0.25) is 14.0 Å². The van der Waals surface area contributed by atoms with Gasteiger partial charge in [0.25, 0.3) is 5.91 Å². The lowest BCUT2D eigenvalue weighted by Gasteiger charge is -2.34. The van der Waals surface area contributed by atoms with Gasteiger partial charge in [0.05, 0.1) is 17.7 Å². The number of piperazine rings is 1. The highest BCUT2D eigenvalue weighted by molar-refractivity contribution is 7.92. The number of amides is 1. The number of sulfone groups is 1. The van der Waals surface area contributed by atoms with Crippen molar-refractivity contribution in [3.8, 4) is 0 Å². The average molecular weight is 430 g/mol. The highest BCUT2D eigenvalue weighted by atomic mass is 32.2. The molecule has 1 aromatic rings. The van der Waals surface area contributed by atoms with Gasteiger partial charge in [0, 0.05) is 50.6 Å². The smallest absolute Gasteiger partial charge is 0.253 e. The van der Waals surface area contributed by atoms with Gasteiger partial charge in [-0.05, 0) is 37.1 Å². The van der Waals surface area contributed by atoms with Crippen LogP contribution in [0.15, 0.2) is 18.2 Å². The first-order chi connectivity index (χ1) is 13.0. The number of carbonyl (C=O) groups is 1. The van der Waals surface area contributed by atoms with Crippen LogP contribution in [0, 0.1) is 0 Å². The second kappa shape index (κ2) is 7.64. The SMILES string of the molecule is CC1Cc2cc(C(=O)N3CCN(CCS(C)(=O)=O)CC3)ccc2N1S(C)(=O)=O. The molecule has 0 saturated carbocycles. The first-order valence-corrected chi connectivity index (χ1v) is 13.2. The molecule has 1 saturated heterocycles. The zero-order valence-electron chi connectivity index (χ0n) is 16.5. The van der Waals surface area contributed by atoms with Crippen LogP contribution in [0.1, 0.15) is 22.8 Å². The molecular weight excluding hydrogens is 402 g/mol. The zero-order chi connectivity index (χ0) is 20.7. The van der Waals surface area contributed by atoms with E-state index in [0.29, 0.717) is 50.4 Å². The summed E-state index contributed by atoms with van der Waals surface area (Å²) >= 11 is 0. The van der Waals surface area contributed by atoms with Crippen molar-refractivity contribution in [2.45, 2.75) is 19.4 Å². The lowest BCUT2D eigenvalue weighted by atomic mass is 10.1. The van der Waals surface area contributed by atoms with Crippen LogP contribution < -0.4 is 4.31 Å². The number of hydrogen-bond donors (Lipinski definition) is 0. The fraction of sp³-hybridized carbons (Fsp3) is 0.611. The number of benzene rings is 1. The largest absolute Gasteiger partial charge is 0.336 e. The standard InChI is InChI=1S/C18H27N3O5S2/c1-14-12-16-13-15(4-5-17(16)21(14)28(3,25)26)18(22)20-8-6-19(7-9-20)10-11-27(2,23)24/h4-5,13-14H,6-12H2,1-3H3. The van der Waals surface area contributed by atoms with Crippen molar-refractivity contribution < 1.29 is 21.6 Å². The molecule has 156 valence electrons. The Morgan fingerprint density at radius 3 is 2.29 bits per heavy atom. The first-order valence-electron chi connectivity index (χ1n) is 9.27. The highest BCUT2D eigenvalue weighted by Gasteiger charge is 2.33. The molecule has 2 aliphatic heterocycles. The van der Waals surface area contributed by atoms with Crippen molar-refractivity contribution in [3.05, 3.63) is 29.3 Å². The van der Waals surface area contributed by atoms with E-state index in [0.717, 1.165) is 5.56 Å². The van der Waals surface area contributed by atoms with Crippen LogP contribution in [0.25, 0.3) is 0 Å². The molecular formula is C18H27N3O5S2. The second-order valence-electron chi connectivity index (χ2n) is 7.72. The van der Waals surface area contributed by atoms with Crippen molar-refractivity contribution >= 4 is 31.5 Å². The van der Waals surface area contributed by atoms with Crippen LogP contribution >= 0.6 is 0 Å². The van der Waals surface area contributed by atoms with Crippen LogP contribution in [0.4, 0.5) is 5.69 Å². The van der Waals surface area contributed by atoms with Gasteiger partial charge in [-0.1, -0.05) is 0 Å². The Bertz CT molecular complexity index is 967. The molecule has 3 rings (SSSR count). The Kier molecular flexibility index (Phi) is 5.75. The molecule has 8 nitrogen and oxygen atoms in total. The number of rotatable bonds is 5. The highest BCUT2D eigenvalue weighted by Crippen LogP contribution is 2.34. The van der Waals surface area contributed by atoms with E-state index >= 15 is 0 Å². The Balaban J connectivity index is 1.66. The van der Waals surface area contributed by atoms with E-state index in [-0.39, 0.29) is 17.7 Å². The summed E-state index contributed by atoms with van der Waals surface area (Å²) in [6.07, 6.45) is 3.01. The number of fused-ring (bicyclic) bond motifs is 1. The summed E-state index contributed by atoms with van der Waals surface area (Å²) in [6, 6.07) is 5.05. The maximum absolute atomic E-state index is 12.9. The number of anilines is 1.